The Morgan fingerprint density at radius 1 is 1.21 bits per heavy atom. The lowest BCUT2D eigenvalue weighted by atomic mass is 10.1. The van der Waals surface area contributed by atoms with E-state index in [1.165, 1.54) is 11.3 Å². The van der Waals surface area contributed by atoms with Crippen molar-refractivity contribution < 1.29 is 14.0 Å². The number of carbonyl (C=O) groups is 2. The van der Waals surface area contributed by atoms with Gasteiger partial charge in [0, 0.05) is 18.2 Å². The average molecular weight is 412 g/mol. The maximum atomic E-state index is 12.6. The lowest BCUT2D eigenvalue weighted by Crippen LogP contribution is -2.23. The van der Waals surface area contributed by atoms with Crippen molar-refractivity contribution in [3.8, 4) is 10.8 Å². The maximum Gasteiger partial charge on any atom is 0.263 e. The van der Waals surface area contributed by atoms with E-state index in [-0.39, 0.29) is 17.7 Å². The van der Waals surface area contributed by atoms with Gasteiger partial charge in [0.15, 0.2) is 10.8 Å². The highest BCUT2D eigenvalue weighted by Gasteiger charge is 2.18. The molecule has 0 bridgehead atoms. The predicted octanol–water partition coefficient (Wildman–Crippen LogP) is 4.93. The first-order chi connectivity index (χ1) is 13.9. The van der Waals surface area contributed by atoms with Gasteiger partial charge in [-0.2, -0.15) is 0 Å². The van der Waals surface area contributed by atoms with Crippen LogP contribution in [0, 0.1) is 19.8 Å². The van der Waals surface area contributed by atoms with Crippen molar-refractivity contribution in [2.24, 2.45) is 5.92 Å². The Kier molecular flexibility index (Phi) is 6.49. The summed E-state index contributed by atoms with van der Waals surface area (Å²) in [6, 6.07) is 11.2. The van der Waals surface area contributed by atoms with Crippen molar-refractivity contribution in [1.82, 2.24) is 10.3 Å². The van der Waals surface area contributed by atoms with Crippen LogP contribution in [0.4, 0.5) is 5.69 Å². The van der Waals surface area contributed by atoms with Crippen molar-refractivity contribution >= 4 is 28.8 Å². The minimum absolute atomic E-state index is 0.00494. The van der Waals surface area contributed by atoms with Gasteiger partial charge in [-0.3, -0.25) is 9.59 Å². The molecule has 0 saturated carbocycles. The number of aryl methyl sites for hydroxylation is 2. The summed E-state index contributed by atoms with van der Waals surface area (Å²) in [4.78, 5) is 29.7. The van der Waals surface area contributed by atoms with Crippen LogP contribution in [0.2, 0.25) is 0 Å². The number of anilines is 1. The number of benzene rings is 1. The van der Waals surface area contributed by atoms with E-state index in [2.05, 4.69) is 15.6 Å². The van der Waals surface area contributed by atoms with Crippen molar-refractivity contribution in [2.75, 3.05) is 5.32 Å². The average Bonchev–Trinajstić information content (AvgIpc) is 3.31. The second kappa shape index (κ2) is 9.05. The van der Waals surface area contributed by atoms with E-state index in [9.17, 15) is 9.59 Å². The largest absolute Gasteiger partial charge is 0.459 e. The second-order valence-corrected chi connectivity index (χ2v) is 8.02. The molecule has 1 aromatic carbocycles. The fourth-order valence-corrected chi connectivity index (χ4v) is 3.68. The summed E-state index contributed by atoms with van der Waals surface area (Å²) in [7, 11) is 0. The number of nitrogens with zero attached hydrogens (tertiary/aromatic N) is 1. The Balaban J connectivity index is 1.64. The molecule has 0 aliphatic carbocycles. The van der Waals surface area contributed by atoms with Crippen LogP contribution in [0.1, 0.15) is 47.0 Å². The smallest absolute Gasteiger partial charge is 0.263 e. The molecule has 152 valence electrons. The Hall–Kier alpha value is -2.93. The first-order valence-electron chi connectivity index (χ1n) is 9.59. The lowest BCUT2D eigenvalue weighted by molar-refractivity contribution is -0.119. The lowest BCUT2D eigenvalue weighted by Gasteiger charge is -2.11. The third-order valence-electron chi connectivity index (χ3n) is 4.66. The monoisotopic (exact) mass is 411 g/mol. The third-order valence-corrected chi connectivity index (χ3v) is 5.83. The molecule has 0 fully saturated rings. The van der Waals surface area contributed by atoms with Gasteiger partial charge in [-0.1, -0.05) is 26.0 Å². The predicted molar refractivity (Wildman–Crippen MR) is 115 cm³/mol. The van der Waals surface area contributed by atoms with Gasteiger partial charge in [0.25, 0.3) is 5.91 Å². The van der Waals surface area contributed by atoms with Crippen LogP contribution < -0.4 is 10.6 Å². The van der Waals surface area contributed by atoms with E-state index in [4.69, 9.17) is 4.42 Å². The molecule has 3 rings (SSSR count). The summed E-state index contributed by atoms with van der Waals surface area (Å²) in [6.45, 7) is 7.93. The van der Waals surface area contributed by atoms with Crippen molar-refractivity contribution in [3.05, 3.63) is 58.3 Å². The molecule has 0 saturated heterocycles. The molecule has 7 heteroatoms. The van der Waals surface area contributed by atoms with Gasteiger partial charge in [0.1, 0.15) is 10.6 Å². The molecule has 2 aromatic heterocycles. The molecule has 0 spiro atoms. The SMILES string of the molecule is CCC(C)C(=O)Nc1cccc(CNC(=O)c2sc(-c3ccc(C)o3)nc2C)c1. The Bertz CT molecular complexity index is 1020. The van der Waals surface area contributed by atoms with Crippen LogP contribution in [0.25, 0.3) is 10.8 Å². The van der Waals surface area contributed by atoms with Gasteiger partial charge in [-0.25, -0.2) is 4.98 Å². The van der Waals surface area contributed by atoms with E-state index < -0.39 is 0 Å². The van der Waals surface area contributed by atoms with Crippen molar-refractivity contribution in [1.29, 1.82) is 0 Å². The molecule has 0 aliphatic heterocycles. The molecule has 2 N–H and O–H groups in total. The zero-order valence-electron chi connectivity index (χ0n) is 17.0. The van der Waals surface area contributed by atoms with Crippen molar-refractivity contribution in [2.45, 2.75) is 40.7 Å². The van der Waals surface area contributed by atoms with E-state index in [0.29, 0.717) is 27.9 Å². The minimum atomic E-state index is -0.177. The zero-order chi connectivity index (χ0) is 21.0. The normalized spacial score (nSPS) is 11.9. The topological polar surface area (TPSA) is 84.2 Å². The zero-order valence-corrected chi connectivity index (χ0v) is 17.9. The summed E-state index contributed by atoms with van der Waals surface area (Å²) >= 11 is 1.31. The highest BCUT2D eigenvalue weighted by molar-refractivity contribution is 7.17. The Morgan fingerprint density at radius 2 is 2.00 bits per heavy atom. The van der Waals surface area contributed by atoms with Gasteiger partial charge < -0.3 is 15.1 Å². The summed E-state index contributed by atoms with van der Waals surface area (Å²) in [5.41, 5.74) is 2.31. The maximum absolute atomic E-state index is 12.6. The molecule has 3 aromatic rings. The van der Waals surface area contributed by atoms with Crippen molar-refractivity contribution in [3.63, 3.8) is 0 Å². The summed E-state index contributed by atoms with van der Waals surface area (Å²) in [5, 5.41) is 6.53. The molecule has 0 aliphatic rings. The number of furan rings is 1. The van der Waals surface area contributed by atoms with E-state index in [1.54, 1.807) is 0 Å². The van der Waals surface area contributed by atoms with E-state index in [1.807, 2.05) is 64.1 Å². The summed E-state index contributed by atoms with van der Waals surface area (Å²) in [5.74, 6) is 1.25. The van der Waals surface area contributed by atoms with Crippen LogP contribution in [0.3, 0.4) is 0 Å². The molecule has 1 atom stereocenters. The molecular formula is C22H25N3O3S. The number of carbonyl (C=O) groups excluding carboxylic acids is 2. The second-order valence-electron chi connectivity index (χ2n) is 7.03. The highest BCUT2D eigenvalue weighted by Crippen LogP contribution is 2.29. The molecule has 2 heterocycles. The molecule has 1 unspecified atom stereocenters. The number of amides is 2. The van der Waals surface area contributed by atoms with Gasteiger partial charge in [-0.15, -0.1) is 11.3 Å². The standard InChI is InChI=1S/C22H25N3O3S/c1-5-13(2)20(26)25-17-8-6-7-16(11-17)12-23-21(27)19-15(4)24-22(29-19)18-10-9-14(3)28-18/h6-11,13H,5,12H2,1-4H3,(H,23,27)(H,25,26). The molecular weight excluding hydrogens is 386 g/mol. The number of thiazole rings is 1. The Labute approximate surface area is 174 Å². The van der Waals surface area contributed by atoms with Gasteiger partial charge in [0.2, 0.25) is 5.91 Å². The first kappa shape index (κ1) is 20.8. The Morgan fingerprint density at radius 3 is 2.69 bits per heavy atom. The van der Waals surface area contributed by atoms with Gasteiger partial charge >= 0.3 is 0 Å². The number of nitrogens with one attached hydrogen (secondary N) is 2. The van der Waals surface area contributed by atoms with E-state index >= 15 is 0 Å². The minimum Gasteiger partial charge on any atom is -0.459 e. The third kappa shape index (κ3) is 5.12. The van der Waals surface area contributed by atoms with Gasteiger partial charge in [-0.05, 0) is 50.1 Å². The molecule has 0 radical (unpaired) electrons. The number of rotatable bonds is 7. The summed E-state index contributed by atoms with van der Waals surface area (Å²) in [6.07, 6.45) is 0.787. The van der Waals surface area contributed by atoms with Crippen LogP contribution >= 0.6 is 11.3 Å². The van der Waals surface area contributed by atoms with Crippen LogP contribution in [-0.2, 0) is 11.3 Å². The summed E-state index contributed by atoms with van der Waals surface area (Å²) < 4.78 is 5.60. The van der Waals surface area contributed by atoms with Crippen LogP contribution in [0.5, 0.6) is 0 Å². The first-order valence-corrected chi connectivity index (χ1v) is 10.4. The fraction of sp³-hybridized carbons (Fsp3) is 0.318. The fourth-order valence-electron chi connectivity index (χ4n) is 2.73. The molecule has 2 amide bonds. The molecule has 29 heavy (non-hydrogen) atoms. The quantitative estimate of drug-likeness (QED) is 0.577. The van der Waals surface area contributed by atoms with Crippen LogP contribution in [-0.4, -0.2) is 16.8 Å². The van der Waals surface area contributed by atoms with Crippen LogP contribution in [0.15, 0.2) is 40.8 Å². The number of hydrogen-bond donors (Lipinski definition) is 2. The van der Waals surface area contributed by atoms with E-state index in [0.717, 1.165) is 23.4 Å². The van der Waals surface area contributed by atoms with Gasteiger partial charge in [0.05, 0.1) is 5.69 Å². The number of aromatic nitrogens is 1. The molecule has 6 nitrogen and oxygen atoms in total. The number of hydrogen-bond acceptors (Lipinski definition) is 5. The highest BCUT2D eigenvalue weighted by atomic mass is 32.1.